The molecule has 1 aromatic carbocycles. The number of urea groups is 1. The fourth-order valence-corrected chi connectivity index (χ4v) is 6.13. The van der Waals surface area contributed by atoms with Gasteiger partial charge in [-0.25, -0.2) is 9.59 Å². The predicted octanol–water partition coefficient (Wildman–Crippen LogP) is 1.78. The monoisotopic (exact) mass is 492 g/mol. The van der Waals surface area contributed by atoms with E-state index in [2.05, 4.69) is 26.1 Å². The fraction of sp³-hybridized carbons (Fsp3) is 0.591. The van der Waals surface area contributed by atoms with Crippen LogP contribution in [0.15, 0.2) is 24.3 Å². The second kappa shape index (κ2) is 8.99. The van der Waals surface area contributed by atoms with E-state index in [4.69, 9.17) is 9.16 Å². The van der Waals surface area contributed by atoms with Crippen LogP contribution in [-0.4, -0.2) is 68.6 Å². The Morgan fingerprint density at radius 1 is 1.26 bits per heavy atom. The molecule has 0 unspecified atom stereocenters. The summed E-state index contributed by atoms with van der Waals surface area (Å²) in [7, 11) is 0.250. The first-order valence-corrected chi connectivity index (χ1v) is 11.9. The summed E-state index contributed by atoms with van der Waals surface area (Å²) in [6, 6.07) is 5.24. The molecule has 2 saturated heterocycles. The number of likely N-dealkylation sites (tertiary alicyclic amines) is 1. The predicted molar refractivity (Wildman–Crippen MR) is 126 cm³/mol. The molecule has 11 nitrogen and oxygen atoms in total. The Morgan fingerprint density at radius 3 is 2.35 bits per heavy atom. The zero-order valence-corrected chi connectivity index (χ0v) is 22.4. The maximum absolute atomic E-state index is 13.4. The van der Waals surface area contributed by atoms with Gasteiger partial charge in [0.1, 0.15) is 17.1 Å². The number of imide groups is 1. The topological polar surface area (TPSA) is 131 Å². The van der Waals surface area contributed by atoms with Crippen molar-refractivity contribution in [2.45, 2.75) is 47.0 Å². The van der Waals surface area contributed by atoms with Crippen LogP contribution in [0.2, 0.25) is 0 Å². The van der Waals surface area contributed by atoms with E-state index in [1.165, 1.54) is 29.2 Å². The molecule has 0 bridgehead atoms. The summed E-state index contributed by atoms with van der Waals surface area (Å²) in [5, 5.41) is 13.4. The fourth-order valence-electron chi connectivity index (χ4n) is 5.25. The highest BCUT2D eigenvalue weighted by Crippen LogP contribution is 2.55. The molecule has 186 valence electrons. The van der Waals surface area contributed by atoms with E-state index < -0.39 is 28.2 Å². The van der Waals surface area contributed by atoms with Gasteiger partial charge in [0.25, 0.3) is 5.69 Å². The largest absolute Gasteiger partial charge is 0.444 e. The molecule has 3 rings (SSSR count). The number of carbonyl (C=O) groups excluding carboxylic acids is 3. The summed E-state index contributed by atoms with van der Waals surface area (Å²) < 4.78 is 11.7. The lowest BCUT2D eigenvalue weighted by Gasteiger charge is -2.49. The van der Waals surface area contributed by atoms with Crippen molar-refractivity contribution >= 4 is 34.2 Å². The second-order valence-electron chi connectivity index (χ2n) is 10.4. The molecule has 1 aromatic rings. The molecule has 2 heterocycles. The number of nitro benzene ring substituents is 1. The van der Waals surface area contributed by atoms with Crippen LogP contribution in [0.1, 0.15) is 40.2 Å². The van der Waals surface area contributed by atoms with E-state index in [9.17, 15) is 24.5 Å². The first-order chi connectivity index (χ1) is 15.7. The van der Waals surface area contributed by atoms with Crippen molar-refractivity contribution in [2.75, 3.05) is 19.6 Å². The van der Waals surface area contributed by atoms with Gasteiger partial charge in [-0.15, -0.1) is 0 Å². The van der Waals surface area contributed by atoms with Gasteiger partial charge in [-0.1, -0.05) is 34.6 Å². The van der Waals surface area contributed by atoms with Crippen LogP contribution < -0.4 is 5.32 Å². The van der Waals surface area contributed by atoms with Crippen LogP contribution in [0.5, 0.6) is 0 Å². The summed E-state index contributed by atoms with van der Waals surface area (Å²) in [5.41, 5.74) is -1.55. The van der Waals surface area contributed by atoms with Gasteiger partial charge in [0, 0.05) is 24.1 Å². The number of non-ortho nitro benzene ring substituents is 1. The molecule has 0 saturated carbocycles. The van der Waals surface area contributed by atoms with E-state index in [-0.39, 0.29) is 53.1 Å². The number of nitrogens with zero attached hydrogens (tertiary/aromatic N) is 3. The van der Waals surface area contributed by atoms with Gasteiger partial charge >= 0.3 is 12.1 Å². The van der Waals surface area contributed by atoms with Crippen LogP contribution in [-0.2, 0) is 20.6 Å². The number of carbonyl (C=O) groups is 3. The van der Waals surface area contributed by atoms with Crippen LogP contribution in [0.25, 0.3) is 0 Å². The number of nitro groups is 1. The molecule has 1 N–H and O–H groups in total. The zero-order chi connectivity index (χ0) is 25.5. The summed E-state index contributed by atoms with van der Waals surface area (Å²) in [5.74, 6) is -0.404. The van der Waals surface area contributed by atoms with Crippen LogP contribution in [0, 0.1) is 26.9 Å². The minimum atomic E-state index is -1.26. The molecular weight excluding hydrogens is 460 g/mol. The van der Waals surface area contributed by atoms with E-state index in [1.807, 2.05) is 13.8 Å². The molecule has 0 aromatic heterocycles. The van der Waals surface area contributed by atoms with Gasteiger partial charge in [0.2, 0.25) is 5.91 Å². The molecule has 2 fully saturated rings. The molecule has 12 heteroatoms. The second-order valence-corrected chi connectivity index (χ2v) is 10.8. The standard InChI is InChI=1S/C22H32N4O7Si/c1-20(2,3)16-11-25(19(29)32-12-14-6-8-15(9-7-14)26(30)31)22(33-34,21(16,4)5)13-24-17(27)10-23-18(24)28/h6-9,16H,10-13H2,1-5,34H3,(H,23,28)/t16-,22-/m1/s1. The maximum atomic E-state index is 13.4. The molecule has 2 atom stereocenters. The summed E-state index contributed by atoms with van der Waals surface area (Å²) in [4.78, 5) is 51.1. The van der Waals surface area contributed by atoms with Crippen LogP contribution in [0.4, 0.5) is 15.3 Å². The van der Waals surface area contributed by atoms with Crippen molar-refractivity contribution in [1.29, 1.82) is 0 Å². The van der Waals surface area contributed by atoms with Crippen LogP contribution in [0.3, 0.4) is 0 Å². The maximum Gasteiger partial charge on any atom is 0.412 e. The number of amides is 4. The molecule has 0 aliphatic carbocycles. The first kappa shape index (κ1) is 25.6. The number of benzene rings is 1. The highest BCUT2D eigenvalue weighted by atomic mass is 28.2. The molecule has 0 spiro atoms. The van der Waals surface area contributed by atoms with Gasteiger partial charge in [0.15, 0.2) is 5.72 Å². The SMILES string of the molecule is CC(C)(C)[C@H]1CN(C(=O)OCc2ccc([N+](=O)[O-])cc2)[C@](CN2C(=O)CNC2=O)(O[SiH3])C1(C)C. The third kappa shape index (κ3) is 4.39. The smallest absolute Gasteiger partial charge is 0.412 e. The van der Waals surface area contributed by atoms with Crippen LogP contribution >= 0.6 is 0 Å². The molecule has 2 aliphatic rings. The molecule has 4 amide bonds. The third-order valence-corrected chi connectivity index (χ3v) is 7.78. The van der Waals surface area contributed by atoms with Gasteiger partial charge in [-0.2, -0.15) is 0 Å². The van der Waals surface area contributed by atoms with Crippen molar-refractivity contribution in [3.8, 4) is 0 Å². The van der Waals surface area contributed by atoms with Crippen molar-refractivity contribution in [3.05, 3.63) is 39.9 Å². The lowest BCUT2D eigenvalue weighted by atomic mass is 9.64. The van der Waals surface area contributed by atoms with Gasteiger partial charge < -0.3 is 14.5 Å². The molecular formula is C22H32N4O7Si. The zero-order valence-electron chi connectivity index (χ0n) is 20.4. The normalized spacial score (nSPS) is 24.4. The lowest BCUT2D eigenvalue weighted by Crippen LogP contribution is -2.63. The minimum absolute atomic E-state index is 0.0263. The number of ether oxygens (including phenoxy) is 1. The highest BCUT2D eigenvalue weighted by molar-refractivity contribution is 6.02. The average molecular weight is 493 g/mol. The van der Waals surface area contributed by atoms with E-state index in [1.54, 1.807) is 0 Å². The van der Waals surface area contributed by atoms with Gasteiger partial charge in [-0.3, -0.25) is 24.7 Å². The Labute approximate surface area is 201 Å². The Balaban J connectivity index is 1.91. The Bertz CT molecular complexity index is 976. The summed E-state index contributed by atoms with van der Waals surface area (Å²) >= 11 is 0. The van der Waals surface area contributed by atoms with E-state index in [0.29, 0.717) is 12.1 Å². The Morgan fingerprint density at radius 2 is 1.88 bits per heavy atom. The minimum Gasteiger partial charge on any atom is -0.444 e. The Kier molecular flexibility index (Phi) is 6.77. The highest BCUT2D eigenvalue weighted by Gasteiger charge is 2.65. The first-order valence-electron chi connectivity index (χ1n) is 11.1. The van der Waals surface area contributed by atoms with Crippen molar-refractivity contribution < 1.29 is 28.5 Å². The lowest BCUT2D eigenvalue weighted by molar-refractivity contribution is -0.384. The molecule has 34 heavy (non-hydrogen) atoms. The number of hydrogen-bond donors (Lipinski definition) is 1. The number of nitrogens with one attached hydrogen (secondary N) is 1. The van der Waals surface area contributed by atoms with Crippen molar-refractivity contribution in [3.63, 3.8) is 0 Å². The van der Waals surface area contributed by atoms with E-state index in [0.717, 1.165) is 4.90 Å². The van der Waals surface area contributed by atoms with E-state index >= 15 is 0 Å². The molecule has 0 radical (unpaired) electrons. The van der Waals surface area contributed by atoms with Gasteiger partial charge in [-0.05, 0) is 29.0 Å². The average Bonchev–Trinajstić information content (AvgIpc) is 3.20. The van der Waals surface area contributed by atoms with Gasteiger partial charge in [0.05, 0.1) is 18.0 Å². The van der Waals surface area contributed by atoms with Crippen molar-refractivity contribution in [2.24, 2.45) is 16.7 Å². The number of hydrogen-bond acceptors (Lipinski definition) is 7. The van der Waals surface area contributed by atoms with Crippen molar-refractivity contribution in [1.82, 2.24) is 15.1 Å². The summed E-state index contributed by atoms with van der Waals surface area (Å²) in [6.07, 6.45) is -0.638. The molecule has 2 aliphatic heterocycles. The third-order valence-electron chi connectivity index (χ3n) is 7.10. The Hall–Kier alpha value is -2.99. The quantitative estimate of drug-likeness (QED) is 0.277. The summed E-state index contributed by atoms with van der Waals surface area (Å²) in [6.45, 7) is 10.3. The number of rotatable bonds is 6.